The number of ketones is 1. The summed E-state index contributed by atoms with van der Waals surface area (Å²) in [6, 6.07) is 7.74. The first kappa shape index (κ1) is 23.0. The summed E-state index contributed by atoms with van der Waals surface area (Å²) >= 11 is 0. The SMILES string of the molecule is COc1cc(O)c(CC=C(C)C)c(O)c1C(=O)C=Cc1ccc(NS(C)(=O)=O)cc1. The molecule has 0 atom stereocenters. The van der Waals surface area contributed by atoms with E-state index in [0.29, 0.717) is 11.3 Å². The Morgan fingerprint density at radius 2 is 1.80 bits per heavy atom. The van der Waals surface area contributed by atoms with Crippen LogP contribution in [-0.2, 0) is 16.4 Å². The molecule has 3 N–H and O–H groups in total. The molecule has 2 aromatic rings. The zero-order chi connectivity index (χ0) is 22.5. The highest BCUT2D eigenvalue weighted by atomic mass is 32.2. The Hall–Kier alpha value is -3.26. The minimum absolute atomic E-state index is 0.0425. The van der Waals surface area contributed by atoms with E-state index in [0.717, 1.165) is 11.8 Å². The Morgan fingerprint density at radius 1 is 1.17 bits per heavy atom. The van der Waals surface area contributed by atoms with E-state index < -0.39 is 15.8 Å². The van der Waals surface area contributed by atoms with Gasteiger partial charge in [0.2, 0.25) is 10.0 Å². The number of hydrogen-bond donors (Lipinski definition) is 3. The zero-order valence-electron chi connectivity index (χ0n) is 17.3. The lowest BCUT2D eigenvalue weighted by molar-refractivity contribution is 0.104. The summed E-state index contributed by atoms with van der Waals surface area (Å²) in [4.78, 5) is 12.8. The van der Waals surface area contributed by atoms with Crippen LogP contribution < -0.4 is 9.46 Å². The molecule has 0 fully saturated rings. The first-order valence-electron chi connectivity index (χ1n) is 9.07. The summed E-state index contributed by atoms with van der Waals surface area (Å²) in [5.41, 5.74) is 2.27. The van der Waals surface area contributed by atoms with Crippen molar-refractivity contribution in [1.29, 1.82) is 0 Å². The molecule has 0 aliphatic rings. The first-order valence-corrected chi connectivity index (χ1v) is 11.0. The Labute approximate surface area is 176 Å². The van der Waals surface area contributed by atoms with Crippen molar-refractivity contribution in [3.8, 4) is 17.2 Å². The molecule has 30 heavy (non-hydrogen) atoms. The number of rotatable bonds is 8. The molecule has 0 aliphatic carbocycles. The van der Waals surface area contributed by atoms with E-state index in [1.807, 2.05) is 19.9 Å². The molecule has 0 aromatic heterocycles. The lowest BCUT2D eigenvalue weighted by Crippen LogP contribution is -2.09. The molecule has 0 spiro atoms. The maximum absolute atomic E-state index is 12.8. The van der Waals surface area contributed by atoms with Crippen molar-refractivity contribution in [1.82, 2.24) is 0 Å². The van der Waals surface area contributed by atoms with Crippen LogP contribution in [0.3, 0.4) is 0 Å². The van der Waals surface area contributed by atoms with Crippen LogP contribution in [0.4, 0.5) is 5.69 Å². The van der Waals surface area contributed by atoms with E-state index in [4.69, 9.17) is 4.74 Å². The number of phenols is 2. The number of carbonyl (C=O) groups excluding carboxylic acids is 1. The third-order valence-corrected chi connectivity index (χ3v) is 4.77. The molecule has 0 amide bonds. The molecule has 0 aliphatic heterocycles. The molecule has 0 radical (unpaired) electrons. The second kappa shape index (κ2) is 9.49. The number of methoxy groups -OCH3 is 1. The highest BCUT2D eigenvalue weighted by Gasteiger charge is 2.21. The summed E-state index contributed by atoms with van der Waals surface area (Å²) in [5, 5.41) is 20.8. The normalized spacial score (nSPS) is 11.3. The standard InChI is InChI=1S/C22H25NO6S/c1-14(2)5-11-17-19(25)13-20(29-3)21(22(17)26)18(24)12-8-15-6-9-16(10-7-15)23-30(4,27)28/h5-10,12-13,23,25-26H,11H2,1-4H3. The molecule has 7 nitrogen and oxygen atoms in total. The van der Waals surface area contributed by atoms with Gasteiger partial charge in [-0.05, 0) is 44.0 Å². The monoisotopic (exact) mass is 431 g/mol. The van der Waals surface area contributed by atoms with E-state index in [9.17, 15) is 23.4 Å². The van der Waals surface area contributed by atoms with Gasteiger partial charge in [-0.15, -0.1) is 0 Å². The molecule has 2 aromatic carbocycles. The minimum atomic E-state index is -3.37. The highest BCUT2D eigenvalue weighted by Crippen LogP contribution is 2.39. The molecule has 2 rings (SSSR count). The van der Waals surface area contributed by atoms with Gasteiger partial charge in [-0.3, -0.25) is 9.52 Å². The molecule has 0 unspecified atom stereocenters. The number of phenolic OH excluding ortho intramolecular Hbond substituents is 2. The Bertz CT molecular complexity index is 1100. The van der Waals surface area contributed by atoms with Crippen molar-refractivity contribution in [2.24, 2.45) is 0 Å². The minimum Gasteiger partial charge on any atom is -0.507 e. The predicted octanol–water partition coefficient (Wildman–Crippen LogP) is 3.88. The summed E-state index contributed by atoms with van der Waals surface area (Å²) in [5.74, 6) is -0.919. The number of nitrogens with one attached hydrogen (secondary N) is 1. The third-order valence-electron chi connectivity index (χ3n) is 4.17. The van der Waals surface area contributed by atoms with Gasteiger partial charge in [0.1, 0.15) is 22.8 Å². The number of allylic oxidation sites excluding steroid dienone is 3. The summed E-state index contributed by atoms with van der Waals surface area (Å²) < 4.78 is 30.0. The van der Waals surface area contributed by atoms with Crippen LogP contribution in [0.5, 0.6) is 17.2 Å². The highest BCUT2D eigenvalue weighted by molar-refractivity contribution is 7.92. The number of benzene rings is 2. The van der Waals surface area contributed by atoms with Gasteiger partial charge in [-0.1, -0.05) is 29.9 Å². The van der Waals surface area contributed by atoms with E-state index in [-0.39, 0.29) is 34.8 Å². The predicted molar refractivity (Wildman–Crippen MR) is 118 cm³/mol. The number of anilines is 1. The van der Waals surface area contributed by atoms with Crippen LogP contribution in [0.1, 0.15) is 35.3 Å². The Balaban J connectivity index is 2.33. The summed E-state index contributed by atoms with van der Waals surface area (Å²) in [7, 11) is -2.03. The quantitative estimate of drug-likeness (QED) is 0.332. The number of hydrogen-bond acceptors (Lipinski definition) is 6. The van der Waals surface area contributed by atoms with Gasteiger partial charge in [0.15, 0.2) is 5.78 Å². The lowest BCUT2D eigenvalue weighted by atomic mass is 9.99. The second-order valence-electron chi connectivity index (χ2n) is 6.98. The van der Waals surface area contributed by atoms with Crippen LogP contribution in [-0.4, -0.2) is 37.8 Å². The smallest absolute Gasteiger partial charge is 0.229 e. The van der Waals surface area contributed by atoms with Crippen molar-refractivity contribution >= 4 is 27.6 Å². The summed E-state index contributed by atoms with van der Waals surface area (Å²) in [6.45, 7) is 3.78. The van der Waals surface area contributed by atoms with Gasteiger partial charge in [0.25, 0.3) is 0 Å². The Morgan fingerprint density at radius 3 is 2.33 bits per heavy atom. The summed E-state index contributed by atoms with van der Waals surface area (Å²) in [6.07, 6.45) is 5.97. The van der Waals surface area contributed by atoms with E-state index in [1.54, 1.807) is 24.3 Å². The average Bonchev–Trinajstić information content (AvgIpc) is 2.65. The van der Waals surface area contributed by atoms with Gasteiger partial charge in [-0.25, -0.2) is 8.42 Å². The number of ether oxygens (including phenoxy) is 1. The van der Waals surface area contributed by atoms with E-state index in [2.05, 4.69) is 4.72 Å². The molecule has 0 bridgehead atoms. The van der Waals surface area contributed by atoms with Crippen LogP contribution in [0, 0.1) is 0 Å². The molecule has 0 saturated heterocycles. The average molecular weight is 432 g/mol. The van der Waals surface area contributed by atoms with Gasteiger partial charge in [0, 0.05) is 17.3 Å². The van der Waals surface area contributed by atoms with Crippen molar-refractivity contribution in [2.45, 2.75) is 20.3 Å². The molecule has 0 saturated carbocycles. The third kappa shape index (κ3) is 6.12. The molecule has 160 valence electrons. The topological polar surface area (TPSA) is 113 Å². The molecule has 0 heterocycles. The zero-order valence-corrected chi connectivity index (χ0v) is 18.1. The Kier molecular flexibility index (Phi) is 7.28. The number of carbonyl (C=O) groups is 1. The largest absolute Gasteiger partial charge is 0.507 e. The van der Waals surface area contributed by atoms with Crippen LogP contribution >= 0.6 is 0 Å². The lowest BCUT2D eigenvalue weighted by Gasteiger charge is -2.13. The fourth-order valence-corrected chi connectivity index (χ4v) is 3.27. The molecule has 8 heteroatoms. The maximum Gasteiger partial charge on any atom is 0.229 e. The van der Waals surface area contributed by atoms with Gasteiger partial charge < -0.3 is 14.9 Å². The van der Waals surface area contributed by atoms with E-state index >= 15 is 0 Å². The van der Waals surface area contributed by atoms with Gasteiger partial charge in [0.05, 0.1) is 13.4 Å². The van der Waals surface area contributed by atoms with Gasteiger partial charge in [-0.2, -0.15) is 0 Å². The number of aromatic hydroxyl groups is 2. The fraction of sp³-hybridized carbons (Fsp3) is 0.227. The van der Waals surface area contributed by atoms with Crippen molar-refractivity contribution in [3.63, 3.8) is 0 Å². The van der Waals surface area contributed by atoms with Crippen molar-refractivity contribution in [2.75, 3.05) is 18.1 Å². The second-order valence-corrected chi connectivity index (χ2v) is 8.73. The van der Waals surface area contributed by atoms with Crippen molar-refractivity contribution in [3.05, 3.63) is 64.7 Å². The van der Waals surface area contributed by atoms with Crippen molar-refractivity contribution < 1.29 is 28.2 Å². The van der Waals surface area contributed by atoms with E-state index in [1.165, 1.54) is 25.3 Å². The molecular formula is C22H25NO6S. The first-order chi connectivity index (χ1) is 14.0. The number of sulfonamides is 1. The van der Waals surface area contributed by atoms with Crippen LogP contribution in [0.15, 0.2) is 48.1 Å². The van der Waals surface area contributed by atoms with Crippen LogP contribution in [0.25, 0.3) is 6.08 Å². The van der Waals surface area contributed by atoms with Crippen LogP contribution in [0.2, 0.25) is 0 Å². The maximum atomic E-state index is 12.8. The fourth-order valence-electron chi connectivity index (χ4n) is 2.71. The molecular weight excluding hydrogens is 406 g/mol. The van der Waals surface area contributed by atoms with Gasteiger partial charge >= 0.3 is 0 Å².